The van der Waals surface area contributed by atoms with Crippen LogP contribution in [-0.4, -0.2) is 44.7 Å². The Labute approximate surface area is 153 Å². The Bertz CT molecular complexity index is 1030. The van der Waals surface area contributed by atoms with E-state index in [0.29, 0.717) is 5.56 Å². The average molecular weight is 368 g/mol. The van der Waals surface area contributed by atoms with Crippen LogP contribution in [0.25, 0.3) is 5.65 Å². The Kier molecular flexibility index (Phi) is 4.84. The fourth-order valence-electron chi connectivity index (χ4n) is 2.56. The number of carboxylic acids is 1. The van der Waals surface area contributed by atoms with Gasteiger partial charge in [-0.3, -0.25) is 4.79 Å². The minimum atomic E-state index is -1.22. The lowest BCUT2D eigenvalue weighted by atomic mass is 10.1. The normalized spacial score (nSPS) is 11.8. The van der Waals surface area contributed by atoms with Gasteiger partial charge in [0.25, 0.3) is 5.91 Å². The topological polar surface area (TPSA) is 123 Å². The van der Waals surface area contributed by atoms with Gasteiger partial charge in [-0.25, -0.2) is 19.1 Å². The summed E-state index contributed by atoms with van der Waals surface area (Å²) >= 11 is 0. The molecule has 0 spiro atoms. The molecule has 9 nitrogen and oxygen atoms in total. The average Bonchev–Trinajstić information content (AvgIpc) is 3.15. The summed E-state index contributed by atoms with van der Waals surface area (Å²) in [7, 11) is 1.30. The summed E-state index contributed by atoms with van der Waals surface area (Å²) < 4.78 is 5.79. The smallest absolute Gasteiger partial charge is 0.354 e. The van der Waals surface area contributed by atoms with Crippen LogP contribution in [0, 0.1) is 0 Å². The first-order valence-electron chi connectivity index (χ1n) is 7.98. The maximum absolute atomic E-state index is 12.5. The number of carbonyl (C=O) groups excluding carboxylic acids is 2. The van der Waals surface area contributed by atoms with Crippen LogP contribution in [0.4, 0.5) is 0 Å². The molecule has 2 aromatic heterocycles. The number of esters is 1. The highest BCUT2D eigenvalue weighted by molar-refractivity contribution is 5.96. The van der Waals surface area contributed by atoms with Crippen molar-refractivity contribution in [3.8, 4) is 0 Å². The van der Waals surface area contributed by atoms with E-state index in [1.165, 1.54) is 25.4 Å². The zero-order chi connectivity index (χ0) is 19.6. The van der Waals surface area contributed by atoms with E-state index in [4.69, 9.17) is 0 Å². The van der Waals surface area contributed by atoms with Crippen molar-refractivity contribution in [3.63, 3.8) is 0 Å². The summed E-state index contributed by atoms with van der Waals surface area (Å²) in [6.45, 7) is 1.76. The molecule has 1 amide bonds. The first-order chi connectivity index (χ1) is 12.9. The predicted molar refractivity (Wildman–Crippen MR) is 93.6 cm³/mol. The van der Waals surface area contributed by atoms with Gasteiger partial charge in [0.05, 0.1) is 24.9 Å². The first kappa shape index (κ1) is 18.1. The highest BCUT2D eigenvalue weighted by Gasteiger charge is 2.18. The largest absolute Gasteiger partial charge is 0.477 e. The van der Waals surface area contributed by atoms with Crippen molar-refractivity contribution in [2.75, 3.05) is 7.11 Å². The summed E-state index contributed by atoms with van der Waals surface area (Å²) in [4.78, 5) is 39.5. The number of rotatable bonds is 5. The van der Waals surface area contributed by atoms with Gasteiger partial charge < -0.3 is 15.2 Å². The molecule has 9 heteroatoms. The Morgan fingerprint density at radius 1 is 1.19 bits per heavy atom. The van der Waals surface area contributed by atoms with Crippen LogP contribution in [-0.2, 0) is 4.74 Å². The van der Waals surface area contributed by atoms with Gasteiger partial charge in [0.15, 0.2) is 11.3 Å². The number of nitrogens with one attached hydrogen (secondary N) is 1. The SMILES string of the molecule is COC(=O)c1ccc([C@H](C)NC(=O)c2cc(C(=O)O)n3nccc3n2)cc1. The number of carbonyl (C=O) groups is 3. The van der Waals surface area contributed by atoms with Gasteiger partial charge in [-0.2, -0.15) is 5.10 Å². The van der Waals surface area contributed by atoms with Crippen molar-refractivity contribution in [3.05, 3.63) is 65.1 Å². The maximum atomic E-state index is 12.5. The van der Waals surface area contributed by atoms with Crippen molar-refractivity contribution >= 4 is 23.5 Å². The molecular formula is C18H16N4O5. The zero-order valence-corrected chi connectivity index (χ0v) is 14.5. The minimum absolute atomic E-state index is 0.0292. The Balaban J connectivity index is 1.81. The lowest BCUT2D eigenvalue weighted by molar-refractivity contribution is 0.0599. The summed E-state index contributed by atoms with van der Waals surface area (Å²) in [6.07, 6.45) is 1.40. The molecule has 138 valence electrons. The second-order valence-electron chi connectivity index (χ2n) is 5.74. The van der Waals surface area contributed by atoms with Crippen LogP contribution in [0.1, 0.15) is 49.9 Å². The number of methoxy groups -OCH3 is 1. The van der Waals surface area contributed by atoms with E-state index in [1.807, 2.05) is 0 Å². The van der Waals surface area contributed by atoms with Gasteiger partial charge in [-0.15, -0.1) is 0 Å². The molecule has 0 saturated heterocycles. The number of aromatic carboxylic acids is 1. The Morgan fingerprint density at radius 3 is 2.52 bits per heavy atom. The quantitative estimate of drug-likeness (QED) is 0.657. The molecule has 1 atom stereocenters. The van der Waals surface area contributed by atoms with Gasteiger partial charge in [-0.1, -0.05) is 12.1 Å². The molecule has 27 heavy (non-hydrogen) atoms. The summed E-state index contributed by atoms with van der Waals surface area (Å²) in [5.41, 5.74) is 1.23. The number of aromatic nitrogens is 3. The number of carboxylic acid groups (broad SMARTS) is 1. The van der Waals surface area contributed by atoms with Gasteiger partial charge in [-0.05, 0) is 24.6 Å². The van der Waals surface area contributed by atoms with E-state index < -0.39 is 17.8 Å². The number of hydrogen-bond donors (Lipinski definition) is 2. The highest BCUT2D eigenvalue weighted by atomic mass is 16.5. The van der Waals surface area contributed by atoms with E-state index in [0.717, 1.165) is 10.1 Å². The van der Waals surface area contributed by atoms with Crippen LogP contribution in [0.15, 0.2) is 42.6 Å². The fourth-order valence-corrected chi connectivity index (χ4v) is 2.56. The van der Waals surface area contributed by atoms with Gasteiger partial charge in [0.2, 0.25) is 0 Å². The number of benzene rings is 1. The van der Waals surface area contributed by atoms with E-state index >= 15 is 0 Å². The third-order valence-electron chi connectivity index (χ3n) is 3.99. The highest BCUT2D eigenvalue weighted by Crippen LogP contribution is 2.15. The third kappa shape index (κ3) is 3.61. The molecular weight excluding hydrogens is 352 g/mol. The van der Waals surface area contributed by atoms with Crippen LogP contribution < -0.4 is 5.32 Å². The van der Waals surface area contributed by atoms with Crippen molar-refractivity contribution in [1.82, 2.24) is 19.9 Å². The monoisotopic (exact) mass is 368 g/mol. The molecule has 0 fully saturated rings. The fraction of sp³-hybridized carbons (Fsp3) is 0.167. The summed E-state index contributed by atoms with van der Waals surface area (Å²) in [5, 5.41) is 15.9. The number of nitrogens with zero attached hydrogens (tertiary/aromatic N) is 3. The van der Waals surface area contributed by atoms with Gasteiger partial charge >= 0.3 is 11.9 Å². The van der Waals surface area contributed by atoms with Gasteiger partial charge in [0, 0.05) is 12.1 Å². The number of fused-ring (bicyclic) bond motifs is 1. The number of ether oxygens (including phenoxy) is 1. The molecule has 0 bridgehead atoms. The number of amides is 1. The first-order valence-corrected chi connectivity index (χ1v) is 7.98. The second-order valence-corrected chi connectivity index (χ2v) is 5.74. The lowest BCUT2D eigenvalue weighted by Crippen LogP contribution is -2.28. The zero-order valence-electron chi connectivity index (χ0n) is 14.5. The van der Waals surface area contributed by atoms with Crippen molar-refractivity contribution < 1.29 is 24.2 Å². The maximum Gasteiger partial charge on any atom is 0.354 e. The molecule has 2 N–H and O–H groups in total. The van der Waals surface area contributed by atoms with Gasteiger partial charge in [0.1, 0.15) is 5.69 Å². The molecule has 0 radical (unpaired) electrons. The molecule has 2 heterocycles. The molecule has 3 aromatic rings. The number of hydrogen-bond acceptors (Lipinski definition) is 6. The Morgan fingerprint density at radius 2 is 1.89 bits per heavy atom. The van der Waals surface area contributed by atoms with Crippen molar-refractivity contribution in [2.24, 2.45) is 0 Å². The summed E-state index contributed by atoms with van der Waals surface area (Å²) in [5.74, 6) is -2.19. The molecule has 0 unspecified atom stereocenters. The van der Waals surface area contributed by atoms with Crippen LogP contribution >= 0.6 is 0 Å². The van der Waals surface area contributed by atoms with Crippen molar-refractivity contribution in [1.29, 1.82) is 0 Å². The van der Waals surface area contributed by atoms with Crippen molar-refractivity contribution in [2.45, 2.75) is 13.0 Å². The second kappa shape index (κ2) is 7.24. The minimum Gasteiger partial charge on any atom is -0.477 e. The van der Waals surface area contributed by atoms with E-state index in [-0.39, 0.29) is 23.1 Å². The summed E-state index contributed by atoms with van der Waals surface area (Å²) in [6, 6.07) is 8.90. The molecule has 0 saturated carbocycles. The molecule has 3 rings (SSSR count). The van der Waals surface area contributed by atoms with Crippen LogP contribution in [0.3, 0.4) is 0 Å². The van der Waals surface area contributed by atoms with Crippen LogP contribution in [0.5, 0.6) is 0 Å². The third-order valence-corrected chi connectivity index (χ3v) is 3.99. The molecule has 0 aliphatic carbocycles. The molecule has 0 aliphatic rings. The predicted octanol–water partition coefficient (Wildman–Crippen LogP) is 1.71. The molecule has 1 aromatic carbocycles. The van der Waals surface area contributed by atoms with E-state index in [1.54, 1.807) is 31.2 Å². The van der Waals surface area contributed by atoms with E-state index in [9.17, 15) is 19.5 Å². The molecule has 0 aliphatic heterocycles. The lowest BCUT2D eigenvalue weighted by Gasteiger charge is -2.15. The standard InChI is InChI=1S/C18H16N4O5/c1-10(11-3-5-12(6-4-11)18(26)27-2)20-16(23)13-9-14(17(24)25)22-15(21-13)7-8-19-22/h3-10H,1-2H3,(H,20,23)(H,24,25)/t10-/m0/s1. The Hall–Kier alpha value is -3.75. The van der Waals surface area contributed by atoms with E-state index in [2.05, 4.69) is 20.1 Å². The van der Waals surface area contributed by atoms with Crippen LogP contribution in [0.2, 0.25) is 0 Å².